The Morgan fingerprint density at radius 1 is 1.45 bits per heavy atom. The molecular formula is C9H21NSi. The fraction of sp³-hybridized carbons (Fsp3) is 0.778. The largest absolute Gasteiger partial charge is 0.323 e. The average molecular weight is 171 g/mol. The summed E-state index contributed by atoms with van der Waals surface area (Å²) in [6, 6.07) is 0.724. The third-order valence-corrected chi connectivity index (χ3v) is 4.52. The molecule has 0 N–H and O–H groups in total. The Bertz CT molecular complexity index is 126. The molecule has 0 radical (unpaired) electrons. The van der Waals surface area contributed by atoms with Crippen LogP contribution in [-0.4, -0.2) is 26.8 Å². The van der Waals surface area contributed by atoms with Crippen LogP contribution >= 0.6 is 0 Å². The number of hydrogen-bond acceptors (Lipinski definition) is 1. The molecule has 0 amide bonds. The first-order valence-corrected chi connectivity index (χ1v) is 5.90. The second kappa shape index (κ2) is 5.55. The van der Waals surface area contributed by atoms with Gasteiger partial charge in [0.25, 0.3) is 0 Å². The molecule has 0 bridgehead atoms. The predicted molar refractivity (Wildman–Crippen MR) is 55.5 cm³/mol. The van der Waals surface area contributed by atoms with Gasteiger partial charge in [0.2, 0.25) is 0 Å². The van der Waals surface area contributed by atoms with Crippen LogP contribution in [0.15, 0.2) is 11.3 Å². The van der Waals surface area contributed by atoms with Crippen molar-refractivity contribution >= 4 is 9.68 Å². The average Bonchev–Trinajstić information content (AvgIpc) is 1.87. The molecule has 0 rings (SSSR count). The molecule has 0 aromatic rings. The molecule has 0 aromatic carbocycles. The maximum Gasteiger partial charge on any atom is 0.119 e. The van der Waals surface area contributed by atoms with Gasteiger partial charge in [-0.25, -0.2) is 0 Å². The van der Waals surface area contributed by atoms with Crippen LogP contribution in [0.3, 0.4) is 0 Å². The molecule has 11 heavy (non-hydrogen) atoms. The van der Waals surface area contributed by atoms with Crippen LogP contribution in [0.2, 0.25) is 0 Å². The molecule has 0 heterocycles. The number of hydrogen-bond donors (Lipinski definition) is 0. The van der Waals surface area contributed by atoms with Crippen molar-refractivity contribution in [1.29, 1.82) is 0 Å². The van der Waals surface area contributed by atoms with E-state index in [1.54, 1.807) is 0 Å². The highest BCUT2D eigenvalue weighted by atomic mass is 28.2. The van der Waals surface area contributed by atoms with E-state index in [2.05, 4.69) is 44.9 Å². The van der Waals surface area contributed by atoms with Gasteiger partial charge >= 0.3 is 0 Å². The monoisotopic (exact) mass is 171 g/mol. The summed E-state index contributed by atoms with van der Waals surface area (Å²) >= 11 is 0. The second-order valence-electron chi connectivity index (χ2n) is 3.46. The van der Waals surface area contributed by atoms with Crippen molar-refractivity contribution in [3.8, 4) is 0 Å². The molecule has 0 aliphatic rings. The van der Waals surface area contributed by atoms with Crippen molar-refractivity contribution in [2.75, 3.05) is 6.54 Å². The minimum Gasteiger partial charge on any atom is -0.323 e. The molecule has 0 atom stereocenters. The summed E-state index contributed by atoms with van der Waals surface area (Å²) < 4.78 is 2.58. The first-order chi connectivity index (χ1) is 5.07. The highest BCUT2D eigenvalue weighted by Gasteiger charge is 2.03. The fourth-order valence-electron chi connectivity index (χ4n) is 1.00. The topological polar surface area (TPSA) is 3.24 Å². The van der Waals surface area contributed by atoms with Crippen LogP contribution in [0, 0.1) is 0 Å². The molecule has 1 nitrogen and oxygen atoms in total. The molecule has 66 valence electrons. The van der Waals surface area contributed by atoms with Gasteiger partial charge in [-0.1, -0.05) is 32.0 Å². The van der Waals surface area contributed by atoms with Gasteiger partial charge in [-0.05, 0) is 26.4 Å². The summed E-state index contributed by atoms with van der Waals surface area (Å²) in [4.78, 5) is 0. The van der Waals surface area contributed by atoms with E-state index in [1.165, 1.54) is 12.1 Å². The van der Waals surface area contributed by atoms with Crippen LogP contribution in [-0.2, 0) is 0 Å². The van der Waals surface area contributed by atoms with Crippen molar-refractivity contribution in [2.24, 2.45) is 0 Å². The zero-order chi connectivity index (χ0) is 8.85. The van der Waals surface area contributed by atoms with Gasteiger partial charge in [0.1, 0.15) is 9.68 Å². The second-order valence-corrected chi connectivity index (χ2v) is 5.05. The van der Waals surface area contributed by atoms with Gasteiger partial charge in [-0.15, -0.1) is 0 Å². The Morgan fingerprint density at radius 3 is 2.27 bits per heavy atom. The smallest absolute Gasteiger partial charge is 0.119 e. The minimum absolute atomic E-state index is 0.0984. The summed E-state index contributed by atoms with van der Waals surface area (Å²) in [5, 5.41) is 0. The van der Waals surface area contributed by atoms with E-state index in [9.17, 15) is 0 Å². The zero-order valence-electron chi connectivity index (χ0n) is 8.52. The van der Waals surface area contributed by atoms with Crippen molar-refractivity contribution in [3.63, 3.8) is 0 Å². The number of nitrogens with zero attached hydrogens (tertiary/aromatic N) is 1. The summed E-state index contributed by atoms with van der Waals surface area (Å²) in [6.45, 7) is 12.4. The van der Waals surface area contributed by atoms with E-state index >= 15 is 0 Å². The third-order valence-electron chi connectivity index (χ3n) is 1.87. The zero-order valence-corrected chi connectivity index (χ0v) is 9.93. The Balaban J connectivity index is 3.79. The van der Waals surface area contributed by atoms with Crippen molar-refractivity contribution < 1.29 is 0 Å². The maximum absolute atomic E-state index is 2.58. The lowest BCUT2D eigenvalue weighted by molar-refractivity contribution is 0.393. The molecule has 0 aliphatic heterocycles. The first kappa shape index (κ1) is 10.9. The molecule has 0 spiro atoms. The molecule has 0 aliphatic carbocycles. The molecule has 0 aromatic heterocycles. The van der Waals surface area contributed by atoms with E-state index in [-0.39, 0.29) is 9.68 Å². The first-order valence-electron chi connectivity index (χ1n) is 4.45. The van der Waals surface area contributed by atoms with Crippen LogP contribution in [0.1, 0.15) is 34.6 Å². The molecule has 0 saturated carbocycles. The third kappa shape index (κ3) is 5.22. The minimum atomic E-state index is -0.0984. The molecule has 0 saturated heterocycles. The van der Waals surface area contributed by atoms with E-state index in [1.807, 2.05) is 0 Å². The van der Waals surface area contributed by atoms with Gasteiger partial charge in [0.15, 0.2) is 0 Å². The maximum atomic E-state index is 2.58. The predicted octanol–water partition coefficient (Wildman–Crippen LogP) is 1.72. The van der Waals surface area contributed by atoms with E-state index < -0.39 is 0 Å². The van der Waals surface area contributed by atoms with Gasteiger partial charge in [-0.2, -0.15) is 0 Å². The number of rotatable bonds is 4. The lowest BCUT2D eigenvalue weighted by Crippen LogP contribution is -2.33. The summed E-state index contributed by atoms with van der Waals surface area (Å²) in [5.74, 6) is 0. The molecule has 2 heteroatoms. The highest BCUT2D eigenvalue weighted by molar-refractivity contribution is 6.39. The van der Waals surface area contributed by atoms with Crippen molar-refractivity contribution in [3.05, 3.63) is 11.3 Å². The van der Waals surface area contributed by atoms with Crippen LogP contribution in [0.5, 0.6) is 0 Å². The standard InChI is InChI=1S/C9H21NSi/c1-6-10(9(4)5)11-7-8(2)3/h7,9H,6,11H2,1-5H3. The van der Waals surface area contributed by atoms with E-state index in [0.29, 0.717) is 0 Å². The van der Waals surface area contributed by atoms with Gasteiger partial charge in [0, 0.05) is 0 Å². The lowest BCUT2D eigenvalue weighted by Gasteiger charge is -2.22. The Morgan fingerprint density at radius 2 is 2.00 bits per heavy atom. The van der Waals surface area contributed by atoms with Crippen molar-refractivity contribution in [2.45, 2.75) is 40.7 Å². The Hall–Kier alpha value is -0.0831. The van der Waals surface area contributed by atoms with Gasteiger partial charge < -0.3 is 4.57 Å². The molecule has 0 fully saturated rings. The Kier molecular flexibility index (Phi) is 5.51. The number of allylic oxidation sites excluding steroid dienone is 1. The summed E-state index contributed by atoms with van der Waals surface area (Å²) in [6.07, 6.45) is 0. The van der Waals surface area contributed by atoms with Gasteiger partial charge in [-0.3, -0.25) is 0 Å². The lowest BCUT2D eigenvalue weighted by atomic mass is 10.4. The van der Waals surface area contributed by atoms with Crippen LogP contribution in [0.25, 0.3) is 0 Å². The van der Waals surface area contributed by atoms with Crippen LogP contribution in [0.4, 0.5) is 0 Å². The fourth-order valence-corrected chi connectivity index (χ4v) is 2.28. The van der Waals surface area contributed by atoms with Crippen molar-refractivity contribution in [1.82, 2.24) is 4.57 Å². The molecular weight excluding hydrogens is 150 g/mol. The summed E-state index contributed by atoms with van der Waals surface area (Å²) in [7, 11) is -0.0984. The van der Waals surface area contributed by atoms with E-state index in [4.69, 9.17) is 0 Å². The van der Waals surface area contributed by atoms with Gasteiger partial charge in [0.05, 0.1) is 0 Å². The van der Waals surface area contributed by atoms with E-state index in [0.717, 1.165) is 6.04 Å². The highest BCUT2D eigenvalue weighted by Crippen LogP contribution is 1.96. The summed E-state index contributed by atoms with van der Waals surface area (Å²) in [5.41, 5.74) is 3.89. The Labute approximate surface area is 73.4 Å². The quantitative estimate of drug-likeness (QED) is 0.582. The normalized spacial score (nSPS) is 11.9. The SMILES string of the molecule is CCN([SiH2]C=C(C)C)C(C)C. The molecule has 0 unspecified atom stereocenters. The van der Waals surface area contributed by atoms with Crippen LogP contribution < -0.4 is 0 Å².